The second-order valence-electron chi connectivity index (χ2n) is 7.95. The van der Waals surface area contributed by atoms with Gasteiger partial charge in [0.15, 0.2) is 0 Å². The van der Waals surface area contributed by atoms with Gasteiger partial charge in [-0.15, -0.1) is 0 Å². The fourth-order valence-corrected chi connectivity index (χ4v) is 4.29. The number of pyridine rings is 1. The molecule has 3 heterocycles. The average molecular weight is 396 g/mol. The molecule has 0 unspecified atom stereocenters. The van der Waals surface area contributed by atoms with E-state index in [-0.39, 0.29) is 18.1 Å². The van der Waals surface area contributed by atoms with Crippen molar-refractivity contribution in [3.63, 3.8) is 0 Å². The number of nitrogens with zero attached hydrogens (tertiary/aromatic N) is 3. The van der Waals surface area contributed by atoms with Gasteiger partial charge in [0.1, 0.15) is 12.4 Å². The molecule has 1 aromatic carbocycles. The molecule has 1 spiro atoms. The van der Waals surface area contributed by atoms with Crippen LogP contribution in [-0.4, -0.2) is 66.2 Å². The summed E-state index contributed by atoms with van der Waals surface area (Å²) in [4.78, 5) is 21.1. The number of para-hydroxylation sites is 1. The molecule has 0 saturated carbocycles. The number of hydrogen-bond acceptors (Lipinski definition) is 5. The lowest BCUT2D eigenvalue weighted by atomic mass is 9.89. The van der Waals surface area contributed by atoms with Crippen molar-refractivity contribution < 1.29 is 14.3 Å². The molecular formula is C23H29N3O3. The second kappa shape index (κ2) is 8.93. The van der Waals surface area contributed by atoms with Crippen molar-refractivity contribution in [2.75, 3.05) is 39.9 Å². The van der Waals surface area contributed by atoms with Gasteiger partial charge in [0.2, 0.25) is 5.91 Å². The van der Waals surface area contributed by atoms with E-state index in [1.807, 2.05) is 35.2 Å². The van der Waals surface area contributed by atoms with Gasteiger partial charge in [-0.2, -0.15) is 0 Å². The van der Waals surface area contributed by atoms with Crippen LogP contribution in [0.2, 0.25) is 0 Å². The van der Waals surface area contributed by atoms with Crippen LogP contribution in [0, 0.1) is 0 Å². The minimum atomic E-state index is -0.219. The van der Waals surface area contributed by atoms with Crippen LogP contribution in [0.5, 0.6) is 5.75 Å². The van der Waals surface area contributed by atoms with Crippen LogP contribution in [0.15, 0.2) is 48.7 Å². The Kier molecular flexibility index (Phi) is 6.11. The Labute approximate surface area is 172 Å². The fourth-order valence-electron chi connectivity index (χ4n) is 4.29. The van der Waals surface area contributed by atoms with Gasteiger partial charge in [-0.05, 0) is 43.0 Å². The molecule has 2 fully saturated rings. The molecule has 2 aliphatic rings. The molecule has 0 N–H and O–H groups in total. The molecule has 1 aromatic heterocycles. The number of morpholine rings is 1. The van der Waals surface area contributed by atoms with Crippen LogP contribution in [0.25, 0.3) is 0 Å². The number of rotatable bonds is 6. The molecule has 154 valence electrons. The van der Waals surface area contributed by atoms with Gasteiger partial charge in [-0.1, -0.05) is 24.3 Å². The van der Waals surface area contributed by atoms with Crippen LogP contribution in [0.1, 0.15) is 24.1 Å². The van der Waals surface area contributed by atoms with E-state index >= 15 is 0 Å². The van der Waals surface area contributed by atoms with Gasteiger partial charge in [0.05, 0.1) is 31.5 Å². The van der Waals surface area contributed by atoms with Gasteiger partial charge in [-0.3, -0.25) is 9.78 Å². The quantitative estimate of drug-likeness (QED) is 0.752. The topological polar surface area (TPSA) is 54.9 Å². The normalized spacial score (nSPS) is 19.5. The third kappa shape index (κ3) is 4.77. The lowest BCUT2D eigenvalue weighted by molar-refractivity contribution is -0.172. The first kappa shape index (κ1) is 19.9. The van der Waals surface area contributed by atoms with Crippen molar-refractivity contribution in [3.8, 4) is 5.75 Å². The number of methoxy groups -OCH3 is 1. The maximum Gasteiger partial charge on any atom is 0.249 e. The number of likely N-dealkylation sites (tertiary alicyclic amines) is 1. The molecule has 1 amide bonds. The molecule has 4 rings (SSSR count). The number of carbonyl (C=O) groups excluding carboxylic acids is 1. The van der Waals surface area contributed by atoms with Gasteiger partial charge in [0.25, 0.3) is 0 Å². The van der Waals surface area contributed by atoms with Gasteiger partial charge < -0.3 is 19.3 Å². The van der Waals surface area contributed by atoms with Crippen molar-refractivity contribution in [3.05, 3.63) is 59.9 Å². The lowest BCUT2D eigenvalue weighted by Gasteiger charge is -2.47. The van der Waals surface area contributed by atoms with E-state index in [9.17, 15) is 4.79 Å². The Bertz CT molecular complexity index is 819. The Hall–Kier alpha value is -2.44. The molecule has 2 aliphatic heterocycles. The zero-order valence-electron chi connectivity index (χ0n) is 17.0. The fraction of sp³-hybridized carbons (Fsp3) is 0.478. The number of hydrogen-bond donors (Lipinski definition) is 0. The monoisotopic (exact) mass is 395 g/mol. The largest absolute Gasteiger partial charge is 0.496 e. The van der Waals surface area contributed by atoms with Gasteiger partial charge >= 0.3 is 0 Å². The molecule has 2 aromatic rings. The van der Waals surface area contributed by atoms with Crippen LogP contribution in [-0.2, 0) is 22.5 Å². The number of aromatic nitrogens is 1. The average Bonchev–Trinajstić information content (AvgIpc) is 2.77. The van der Waals surface area contributed by atoms with Crippen LogP contribution in [0.4, 0.5) is 0 Å². The summed E-state index contributed by atoms with van der Waals surface area (Å²) in [7, 11) is 1.72. The number of carbonyl (C=O) groups is 1. The smallest absolute Gasteiger partial charge is 0.249 e. The first-order valence-corrected chi connectivity index (χ1v) is 10.3. The van der Waals surface area contributed by atoms with E-state index in [2.05, 4.69) is 22.0 Å². The molecule has 29 heavy (non-hydrogen) atoms. The van der Waals surface area contributed by atoms with Crippen LogP contribution >= 0.6 is 0 Å². The van der Waals surface area contributed by atoms with E-state index in [1.165, 1.54) is 5.56 Å². The maximum absolute atomic E-state index is 12.4. The molecule has 2 saturated heterocycles. The maximum atomic E-state index is 12.4. The van der Waals surface area contributed by atoms with E-state index in [4.69, 9.17) is 9.47 Å². The zero-order chi connectivity index (χ0) is 20.1. The number of ether oxygens (including phenoxy) is 2. The molecule has 0 bridgehead atoms. The minimum absolute atomic E-state index is 0.0554. The summed E-state index contributed by atoms with van der Waals surface area (Å²) < 4.78 is 11.5. The highest BCUT2D eigenvalue weighted by Gasteiger charge is 2.42. The Morgan fingerprint density at radius 1 is 1.14 bits per heavy atom. The first-order valence-electron chi connectivity index (χ1n) is 10.3. The van der Waals surface area contributed by atoms with Crippen LogP contribution in [0.3, 0.4) is 0 Å². The Morgan fingerprint density at radius 2 is 1.93 bits per heavy atom. The highest BCUT2D eigenvalue weighted by Crippen LogP contribution is 2.31. The van der Waals surface area contributed by atoms with Crippen molar-refractivity contribution in [2.24, 2.45) is 0 Å². The van der Waals surface area contributed by atoms with Crippen molar-refractivity contribution >= 4 is 5.91 Å². The standard InChI is InChI=1S/C23H29N3O3/c1-28-21-8-3-2-6-19(21)9-13-25-14-10-23(11-15-25)18-26(22(27)17-29-23)16-20-7-4-5-12-24-20/h2-8,12H,9-11,13-18H2,1H3. The summed E-state index contributed by atoms with van der Waals surface area (Å²) in [5, 5.41) is 0. The molecule has 6 heteroatoms. The zero-order valence-corrected chi connectivity index (χ0v) is 17.0. The van der Waals surface area contributed by atoms with E-state index in [0.29, 0.717) is 13.1 Å². The van der Waals surface area contributed by atoms with Gasteiger partial charge in [0, 0.05) is 25.8 Å². The predicted molar refractivity (Wildman–Crippen MR) is 111 cm³/mol. The summed E-state index contributed by atoms with van der Waals surface area (Å²) in [6.45, 7) is 4.37. The number of piperidine rings is 1. The van der Waals surface area contributed by atoms with E-state index in [1.54, 1.807) is 13.3 Å². The Morgan fingerprint density at radius 3 is 2.69 bits per heavy atom. The van der Waals surface area contributed by atoms with Crippen molar-refractivity contribution in [1.29, 1.82) is 0 Å². The molecular weight excluding hydrogens is 366 g/mol. The summed E-state index contributed by atoms with van der Waals surface area (Å²) in [5.74, 6) is 1.01. The Balaban J connectivity index is 1.31. The predicted octanol–water partition coefficient (Wildman–Crippen LogP) is 2.53. The molecule has 0 radical (unpaired) electrons. The van der Waals surface area contributed by atoms with Crippen molar-refractivity contribution in [1.82, 2.24) is 14.8 Å². The minimum Gasteiger partial charge on any atom is -0.496 e. The molecule has 0 atom stereocenters. The summed E-state index contributed by atoms with van der Waals surface area (Å²) in [6.07, 6.45) is 4.65. The second-order valence-corrected chi connectivity index (χ2v) is 7.95. The van der Waals surface area contributed by atoms with E-state index in [0.717, 1.165) is 50.3 Å². The van der Waals surface area contributed by atoms with Gasteiger partial charge in [-0.25, -0.2) is 0 Å². The van der Waals surface area contributed by atoms with E-state index < -0.39 is 0 Å². The number of benzene rings is 1. The molecule has 0 aliphatic carbocycles. The first-order chi connectivity index (χ1) is 14.2. The third-order valence-electron chi connectivity index (χ3n) is 6.07. The van der Waals surface area contributed by atoms with Crippen molar-refractivity contribution in [2.45, 2.75) is 31.4 Å². The highest BCUT2D eigenvalue weighted by atomic mass is 16.5. The third-order valence-corrected chi connectivity index (χ3v) is 6.07. The van der Waals surface area contributed by atoms with Crippen LogP contribution < -0.4 is 4.74 Å². The lowest BCUT2D eigenvalue weighted by Crippen LogP contribution is -2.58. The number of amides is 1. The summed E-state index contributed by atoms with van der Waals surface area (Å²) in [5.41, 5.74) is 1.95. The highest BCUT2D eigenvalue weighted by molar-refractivity contribution is 5.78. The summed E-state index contributed by atoms with van der Waals surface area (Å²) in [6, 6.07) is 14.0. The summed E-state index contributed by atoms with van der Waals surface area (Å²) >= 11 is 0. The molecule has 6 nitrogen and oxygen atoms in total. The SMILES string of the molecule is COc1ccccc1CCN1CCC2(CC1)CN(Cc1ccccn1)C(=O)CO2.